The van der Waals surface area contributed by atoms with Gasteiger partial charge in [-0.1, -0.05) is 0 Å². The van der Waals surface area contributed by atoms with Gasteiger partial charge in [0.2, 0.25) is 0 Å². The number of nitrogens with zero attached hydrogens (tertiary/aromatic N) is 1. The van der Waals surface area contributed by atoms with Gasteiger partial charge < -0.3 is 19.8 Å². The first kappa shape index (κ1) is 9.28. The predicted octanol–water partition coefficient (Wildman–Crippen LogP) is -0.254. The number of aliphatic hydroxyl groups is 1. The van der Waals surface area contributed by atoms with E-state index in [4.69, 9.17) is 14.9 Å². The lowest BCUT2D eigenvalue weighted by molar-refractivity contribution is -0.0764. The second-order valence-electron chi connectivity index (χ2n) is 2.81. The van der Waals surface area contributed by atoms with E-state index in [2.05, 4.69) is 0 Å². The fraction of sp³-hybridized carbons (Fsp3) is 0.857. The molecule has 2 atom stereocenters. The molecule has 5 nitrogen and oxygen atoms in total. The Balaban J connectivity index is 2.59. The van der Waals surface area contributed by atoms with Crippen LogP contribution in [0.15, 0.2) is 0 Å². The van der Waals surface area contributed by atoms with Gasteiger partial charge in [-0.3, -0.25) is 0 Å². The van der Waals surface area contributed by atoms with E-state index < -0.39 is 6.09 Å². The first-order valence-corrected chi connectivity index (χ1v) is 3.89. The molecule has 0 aromatic heterocycles. The van der Waals surface area contributed by atoms with Crippen molar-refractivity contribution in [1.29, 1.82) is 0 Å². The minimum Gasteiger partial charge on any atom is -0.465 e. The number of aliphatic hydroxyl groups excluding tert-OH is 1. The van der Waals surface area contributed by atoms with E-state index in [0.29, 0.717) is 13.2 Å². The Morgan fingerprint density at radius 3 is 2.92 bits per heavy atom. The standard InChI is InChI=1S/C7H13NO4/c1-5-6(4-9)12-3-2-8(5)7(10)11/h5-6,9H,2-4H2,1H3,(H,10,11)/t5?,6-/m1/s1. The maximum Gasteiger partial charge on any atom is 0.407 e. The van der Waals surface area contributed by atoms with Gasteiger partial charge in [0.05, 0.1) is 19.3 Å². The number of hydrogen-bond acceptors (Lipinski definition) is 3. The monoisotopic (exact) mass is 175 g/mol. The fourth-order valence-electron chi connectivity index (χ4n) is 1.32. The SMILES string of the molecule is CC1[C@@H](CO)OCCN1C(=O)O. The zero-order valence-electron chi connectivity index (χ0n) is 6.93. The molecule has 0 aliphatic carbocycles. The molecular formula is C7H13NO4. The van der Waals surface area contributed by atoms with E-state index in [-0.39, 0.29) is 18.8 Å². The van der Waals surface area contributed by atoms with E-state index in [1.165, 1.54) is 4.90 Å². The Labute approximate surface area is 70.5 Å². The normalized spacial score (nSPS) is 30.3. The van der Waals surface area contributed by atoms with E-state index in [9.17, 15) is 4.79 Å². The lowest BCUT2D eigenvalue weighted by atomic mass is 10.1. The minimum absolute atomic E-state index is 0.134. The third kappa shape index (κ3) is 1.67. The number of hydrogen-bond donors (Lipinski definition) is 2. The smallest absolute Gasteiger partial charge is 0.407 e. The second kappa shape index (κ2) is 3.73. The molecular weight excluding hydrogens is 162 g/mol. The summed E-state index contributed by atoms with van der Waals surface area (Å²) in [7, 11) is 0. The van der Waals surface area contributed by atoms with Crippen molar-refractivity contribution >= 4 is 6.09 Å². The summed E-state index contributed by atoms with van der Waals surface area (Å²) < 4.78 is 5.16. The van der Waals surface area contributed by atoms with Crippen LogP contribution in [0.25, 0.3) is 0 Å². The lowest BCUT2D eigenvalue weighted by Crippen LogP contribution is -2.53. The number of morpholine rings is 1. The Morgan fingerprint density at radius 1 is 1.75 bits per heavy atom. The van der Waals surface area contributed by atoms with Gasteiger partial charge in [0, 0.05) is 6.54 Å². The average Bonchev–Trinajstić information content (AvgIpc) is 2.04. The summed E-state index contributed by atoms with van der Waals surface area (Å²) in [6, 6.07) is -0.263. The van der Waals surface area contributed by atoms with Crippen LogP contribution in [0.2, 0.25) is 0 Å². The van der Waals surface area contributed by atoms with Gasteiger partial charge in [-0.2, -0.15) is 0 Å². The number of ether oxygens (including phenoxy) is 1. The van der Waals surface area contributed by atoms with E-state index in [1.54, 1.807) is 6.92 Å². The molecule has 0 aromatic carbocycles. The van der Waals surface area contributed by atoms with Crippen molar-refractivity contribution in [3.8, 4) is 0 Å². The summed E-state index contributed by atoms with van der Waals surface area (Å²) in [4.78, 5) is 11.9. The van der Waals surface area contributed by atoms with E-state index >= 15 is 0 Å². The zero-order chi connectivity index (χ0) is 9.14. The second-order valence-corrected chi connectivity index (χ2v) is 2.81. The van der Waals surface area contributed by atoms with Crippen LogP contribution in [0.5, 0.6) is 0 Å². The Morgan fingerprint density at radius 2 is 2.42 bits per heavy atom. The van der Waals surface area contributed by atoms with Crippen molar-refractivity contribution in [1.82, 2.24) is 4.90 Å². The Kier molecular flexibility index (Phi) is 2.88. The van der Waals surface area contributed by atoms with Gasteiger partial charge in [-0.05, 0) is 6.92 Å². The molecule has 1 saturated heterocycles. The van der Waals surface area contributed by atoms with Crippen LogP contribution >= 0.6 is 0 Å². The van der Waals surface area contributed by atoms with Crippen LogP contribution in [-0.2, 0) is 4.74 Å². The lowest BCUT2D eigenvalue weighted by Gasteiger charge is -2.36. The third-order valence-electron chi connectivity index (χ3n) is 2.12. The van der Waals surface area contributed by atoms with E-state index in [1.807, 2.05) is 0 Å². The summed E-state index contributed by atoms with van der Waals surface area (Å²) in [6.07, 6.45) is -1.33. The Hall–Kier alpha value is -0.810. The molecule has 1 rings (SSSR count). The van der Waals surface area contributed by atoms with Crippen LogP contribution < -0.4 is 0 Å². The molecule has 5 heteroatoms. The molecule has 2 N–H and O–H groups in total. The molecule has 1 aliphatic heterocycles. The summed E-state index contributed by atoms with van der Waals surface area (Å²) in [6.45, 7) is 2.34. The van der Waals surface area contributed by atoms with Gasteiger partial charge in [0.15, 0.2) is 0 Å². The number of carboxylic acid groups (broad SMARTS) is 1. The number of amides is 1. The van der Waals surface area contributed by atoms with Crippen molar-refractivity contribution in [2.75, 3.05) is 19.8 Å². The van der Waals surface area contributed by atoms with Crippen LogP contribution in [-0.4, -0.2) is 53.1 Å². The molecule has 0 spiro atoms. The molecule has 0 radical (unpaired) electrons. The summed E-state index contributed by atoms with van der Waals surface area (Å²) in [5, 5.41) is 17.5. The van der Waals surface area contributed by atoms with Crippen LogP contribution in [0, 0.1) is 0 Å². The molecule has 70 valence electrons. The molecule has 1 aliphatic rings. The summed E-state index contributed by atoms with van der Waals surface area (Å²) in [5.41, 5.74) is 0. The first-order valence-electron chi connectivity index (χ1n) is 3.89. The molecule has 12 heavy (non-hydrogen) atoms. The predicted molar refractivity (Wildman–Crippen MR) is 41.0 cm³/mol. The minimum atomic E-state index is -0.954. The third-order valence-corrected chi connectivity index (χ3v) is 2.12. The van der Waals surface area contributed by atoms with Crippen molar-refractivity contribution in [2.45, 2.75) is 19.1 Å². The quantitative estimate of drug-likeness (QED) is 0.576. The molecule has 1 amide bonds. The van der Waals surface area contributed by atoms with Gasteiger partial charge in [-0.25, -0.2) is 4.79 Å². The molecule has 0 saturated carbocycles. The highest BCUT2D eigenvalue weighted by molar-refractivity contribution is 5.65. The average molecular weight is 175 g/mol. The Bertz CT molecular complexity index is 173. The van der Waals surface area contributed by atoms with Gasteiger partial charge in [0.25, 0.3) is 0 Å². The topological polar surface area (TPSA) is 70.0 Å². The van der Waals surface area contributed by atoms with Gasteiger partial charge in [-0.15, -0.1) is 0 Å². The molecule has 0 bridgehead atoms. The van der Waals surface area contributed by atoms with Crippen molar-refractivity contribution in [3.63, 3.8) is 0 Å². The summed E-state index contributed by atoms with van der Waals surface area (Å²) >= 11 is 0. The number of rotatable bonds is 1. The zero-order valence-corrected chi connectivity index (χ0v) is 6.93. The molecule has 1 fully saturated rings. The fourth-order valence-corrected chi connectivity index (χ4v) is 1.32. The van der Waals surface area contributed by atoms with E-state index in [0.717, 1.165) is 0 Å². The van der Waals surface area contributed by atoms with Crippen LogP contribution in [0.3, 0.4) is 0 Å². The van der Waals surface area contributed by atoms with Crippen molar-refractivity contribution < 1.29 is 19.7 Å². The maximum absolute atomic E-state index is 10.6. The largest absolute Gasteiger partial charge is 0.465 e. The van der Waals surface area contributed by atoms with Crippen LogP contribution in [0.1, 0.15) is 6.92 Å². The van der Waals surface area contributed by atoms with Gasteiger partial charge in [0.1, 0.15) is 6.10 Å². The van der Waals surface area contributed by atoms with Crippen molar-refractivity contribution in [2.24, 2.45) is 0 Å². The highest BCUT2D eigenvalue weighted by atomic mass is 16.5. The van der Waals surface area contributed by atoms with Crippen molar-refractivity contribution in [3.05, 3.63) is 0 Å². The number of carbonyl (C=O) groups is 1. The maximum atomic E-state index is 10.6. The molecule has 1 unspecified atom stereocenters. The van der Waals surface area contributed by atoms with Crippen LogP contribution in [0.4, 0.5) is 4.79 Å². The summed E-state index contributed by atoms with van der Waals surface area (Å²) in [5.74, 6) is 0. The molecule has 1 heterocycles. The molecule has 0 aromatic rings. The van der Waals surface area contributed by atoms with Gasteiger partial charge >= 0.3 is 6.09 Å². The highest BCUT2D eigenvalue weighted by Gasteiger charge is 2.30. The highest BCUT2D eigenvalue weighted by Crippen LogP contribution is 2.13. The first-order chi connectivity index (χ1) is 5.66.